The summed E-state index contributed by atoms with van der Waals surface area (Å²) in [6, 6.07) is 11.4. The molecule has 9 nitrogen and oxygen atoms in total. The lowest BCUT2D eigenvalue weighted by molar-refractivity contribution is 0.170. The van der Waals surface area contributed by atoms with Crippen molar-refractivity contribution in [3.05, 3.63) is 48.0 Å². The monoisotopic (exact) mass is 401 g/mol. The minimum absolute atomic E-state index is 0.0208. The fourth-order valence-corrected chi connectivity index (χ4v) is 2.93. The van der Waals surface area contributed by atoms with E-state index in [-0.39, 0.29) is 12.6 Å². The second-order valence-electron chi connectivity index (χ2n) is 6.27. The smallest absolute Gasteiger partial charge is 0.414 e. The van der Waals surface area contributed by atoms with Crippen molar-refractivity contribution in [3.8, 4) is 11.5 Å². The van der Waals surface area contributed by atoms with Gasteiger partial charge in [-0.3, -0.25) is 4.90 Å². The van der Waals surface area contributed by atoms with Crippen molar-refractivity contribution in [1.82, 2.24) is 5.32 Å². The molecule has 154 valence electrons. The van der Waals surface area contributed by atoms with Gasteiger partial charge in [0, 0.05) is 23.5 Å². The first kappa shape index (κ1) is 20.3. The van der Waals surface area contributed by atoms with E-state index in [1.807, 2.05) is 0 Å². The quantitative estimate of drug-likeness (QED) is 0.658. The number of amides is 3. The molecule has 1 heterocycles. The van der Waals surface area contributed by atoms with Crippen LogP contribution in [0, 0.1) is 0 Å². The maximum absolute atomic E-state index is 12.1. The van der Waals surface area contributed by atoms with E-state index in [4.69, 9.17) is 14.2 Å². The Kier molecular flexibility index (Phi) is 6.40. The Labute approximate surface area is 168 Å². The first-order chi connectivity index (χ1) is 14.0. The van der Waals surface area contributed by atoms with E-state index in [0.29, 0.717) is 41.6 Å². The molecule has 0 aliphatic carbocycles. The summed E-state index contributed by atoms with van der Waals surface area (Å²) >= 11 is 0. The Morgan fingerprint density at radius 1 is 1.21 bits per heavy atom. The number of ether oxygens (including phenoxy) is 3. The van der Waals surface area contributed by atoms with Crippen LogP contribution in [0.4, 0.5) is 21.0 Å². The number of benzene rings is 2. The number of aliphatic hydroxyl groups is 1. The van der Waals surface area contributed by atoms with Crippen molar-refractivity contribution in [2.24, 2.45) is 0 Å². The van der Waals surface area contributed by atoms with Gasteiger partial charge in [0.1, 0.15) is 24.2 Å². The topological polar surface area (TPSA) is 109 Å². The average Bonchev–Trinajstić information content (AvgIpc) is 3.18. The zero-order chi connectivity index (χ0) is 20.8. The van der Waals surface area contributed by atoms with Gasteiger partial charge < -0.3 is 30.0 Å². The van der Waals surface area contributed by atoms with Crippen LogP contribution in [-0.2, 0) is 4.74 Å². The Bertz CT molecular complexity index is 871. The predicted molar refractivity (Wildman–Crippen MR) is 107 cm³/mol. The van der Waals surface area contributed by atoms with Gasteiger partial charge in [-0.25, -0.2) is 9.59 Å². The second-order valence-corrected chi connectivity index (χ2v) is 6.27. The predicted octanol–water partition coefficient (Wildman–Crippen LogP) is 2.52. The summed E-state index contributed by atoms with van der Waals surface area (Å²) in [6.07, 6.45) is -1.36. The molecule has 0 unspecified atom stereocenters. The Balaban J connectivity index is 1.55. The van der Waals surface area contributed by atoms with E-state index < -0.39 is 12.1 Å². The Morgan fingerprint density at radius 2 is 1.97 bits per heavy atom. The van der Waals surface area contributed by atoms with Gasteiger partial charge in [0.15, 0.2) is 0 Å². The number of anilines is 2. The number of carbonyl (C=O) groups excluding carboxylic acids is 2. The molecule has 29 heavy (non-hydrogen) atoms. The van der Waals surface area contributed by atoms with Gasteiger partial charge in [-0.15, -0.1) is 0 Å². The molecule has 2 aromatic rings. The summed E-state index contributed by atoms with van der Waals surface area (Å²) in [4.78, 5) is 25.2. The van der Waals surface area contributed by atoms with Crippen LogP contribution < -0.4 is 25.0 Å². The molecule has 3 N–H and O–H groups in total. The van der Waals surface area contributed by atoms with Crippen LogP contribution in [0.15, 0.2) is 42.5 Å². The second kappa shape index (κ2) is 9.16. The number of methoxy groups -OCH3 is 2. The van der Waals surface area contributed by atoms with Crippen molar-refractivity contribution in [1.29, 1.82) is 0 Å². The van der Waals surface area contributed by atoms with Gasteiger partial charge in [0.05, 0.1) is 20.8 Å². The third kappa shape index (κ3) is 4.88. The molecule has 3 rings (SSSR count). The van der Waals surface area contributed by atoms with Crippen LogP contribution in [0.25, 0.3) is 0 Å². The number of cyclic esters (lactones) is 1. The molecule has 1 atom stereocenters. The van der Waals surface area contributed by atoms with Gasteiger partial charge >= 0.3 is 12.1 Å². The molecule has 9 heteroatoms. The Morgan fingerprint density at radius 3 is 2.59 bits per heavy atom. The van der Waals surface area contributed by atoms with E-state index >= 15 is 0 Å². The lowest BCUT2D eigenvalue weighted by Gasteiger charge is -2.17. The van der Waals surface area contributed by atoms with Crippen LogP contribution in [0.3, 0.4) is 0 Å². The molecule has 1 saturated heterocycles. The van der Waals surface area contributed by atoms with Gasteiger partial charge in [-0.1, -0.05) is 0 Å². The van der Waals surface area contributed by atoms with Crippen LogP contribution in [0.1, 0.15) is 11.7 Å². The third-order valence-corrected chi connectivity index (χ3v) is 4.45. The van der Waals surface area contributed by atoms with Gasteiger partial charge in [-0.2, -0.15) is 0 Å². The highest BCUT2D eigenvalue weighted by molar-refractivity contribution is 5.91. The van der Waals surface area contributed by atoms with Gasteiger partial charge in [0.25, 0.3) is 0 Å². The zero-order valence-corrected chi connectivity index (χ0v) is 16.2. The van der Waals surface area contributed by atoms with Crippen molar-refractivity contribution in [2.75, 3.05) is 44.1 Å². The SMILES string of the molecule is COc1ccc(OC)c([C@@H](O)CNC(=O)Nc2ccc(N3CCOC3=O)cc2)c1. The number of urea groups is 1. The van der Waals surface area contributed by atoms with Gasteiger partial charge in [0.2, 0.25) is 0 Å². The molecule has 1 aliphatic rings. The highest BCUT2D eigenvalue weighted by Gasteiger charge is 2.23. The summed E-state index contributed by atoms with van der Waals surface area (Å²) in [5.41, 5.74) is 1.75. The standard InChI is InChI=1S/C20H23N3O6/c1-27-15-7-8-18(28-2)16(11-15)17(24)12-21-19(25)22-13-3-5-14(6-4-13)23-9-10-29-20(23)26/h3-8,11,17,24H,9-10,12H2,1-2H3,(H2,21,22,25)/t17-/m0/s1. The number of hydrogen-bond acceptors (Lipinski definition) is 6. The van der Waals surface area contributed by atoms with Crippen LogP contribution >= 0.6 is 0 Å². The normalized spacial score (nSPS) is 14.2. The molecule has 0 saturated carbocycles. The first-order valence-electron chi connectivity index (χ1n) is 9.01. The molecule has 3 amide bonds. The largest absolute Gasteiger partial charge is 0.497 e. The van der Waals surface area contributed by atoms with E-state index in [0.717, 1.165) is 0 Å². The number of nitrogens with one attached hydrogen (secondary N) is 2. The third-order valence-electron chi connectivity index (χ3n) is 4.45. The average molecular weight is 401 g/mol. The fourth-order valence-electron chi connectivity index (χ4n) is 2.93. The number of carbonyl (C=O) groups is 2. The summed E-state index contributed by atoms with van der Waals surface area (Å²) in [6.45, 7) is 0.840. The van der Waals surface area contributed by atoms with Crippen LogP contribution in [-0.4, -0.2) is 51.1 Å². The number of hydrogen-bond donors (Lipinski definition) is 3. The zero-order valence-electron chi connectivity index (χ0n) is 16.2. The van der Waals surface area contributed by atoms with E-state index in [2.05, 4.69) is 10.6 Å². The molecule has 0 radical (unpaired) electrons. The Hall–Kier alpha value is -3.46. The summed E-state index contributed by atoms with van der Waals surface area (Å²) in [7, 11) is 3.03. The molecular weight excluding hydrogens is 378 g/mol. The fraction of sp³-hybridized carbons (Fsp3) is 0.300. The highest BCUT2D eigenvalue weighted by atomic mass is 16.6. The van der Waals surface area contributed by atoms with Crippen molar-refractivity contribution < 1.29 is 28.9 Å². The summed E-state index contributed by atoms with van der Waals surface area (Å²) < 4.78 is 15.3. The molecule has 2 aromatic carbocycles. The van der Waals surface area contributed by atoms with E-state index in [9.17, 15) is 14.7 Å². The van der Waals surface area contributed by atoms with Crippen LogP contribution in [0.2, 0.25) is 0 Å². The lowest BCUT2D eigenvalue weighted by atomic mass is 10.1. The molecule has 1 aliphatic heterocycles. The number of rotatable bonds is 7. The van der Waals surface area contributed by atoms with Crippen LogP contribution in [0.5, 0.6) is 11.5 Å². The van der Waals surface area contributed by atoms with E-state index in [1.165, 1.54) is 19.1 Å². The summed E-state index contributed by atoms with van der Waals surface area (Å²) in [5.74, 6) is 1.07. The molecule has 0 bridgehead atoms. The maximum Gasteiger partial charge on any atom is 0.414 e. The minimum Gasteiger partial charge on any atom is -0.497 e. The molecule has 0 aromatic heterocycles. The summed E-state index contributed by atoms with van der Waals surface area (Å²) in [5, 5.41) is 15.7. The van der Waals surface area contributed by atoms with Gasteiger partial charge in [-0.05, 0) is 42.5 Å². The molecule has 0 spiro atoms. The minimum atomic E-state index is -0.977. The number of nitrogens with zero attached hydrogens (tertiary/aromatic N) is 1. The lowest BCUT2D eigenvalue weighted by Crippen LogP contribution is -2.32. The van der Waals surface area contributed by atoms with Crippen molar-refractivity contribution >= 4 is 23.5 Å². The number of aliphatic hydroxyl groups excluding tert-OH is 1. The first-order valence-corrected chi connectivity index (χ1v) is 9.01. The molecule has 1 fully saturated rings. The highest BCUT2D eigenvalue weighted by Crippen LogP contribution is 2.29. The van der Waals surface area contributed by atoms with Crippen molar-refractivity contribution in [2.45, 2.75) is 6.10 Å². The maximum atomic E-state index is 12.1. The van der Waals surface area contributed by atoms with Crippen molar-refractivity contribution in [3.63, 3.8) is 0 Å². The molecular formula is C20H23N3O6. The van der Waals surface area contributed by atoms with E-state index in [1.54, 1.807) is 42.5 Å².